The highest BCUT2D eigenvalue weighted by atomic mass is 15.1. The summed E-state index contributed by atoms with van der Waals surface area (Å²) < 4.78 is 0. The fraction of sp³-hybridized carbons (Fsp3) is 0.857. The van der Waals surface area contributed by atoms with E-state index < -0.39 is 0 Å². The van der Waals surface area contributed by atoms with Crippen LogP contribution in [0.2, 0.25) is 0 Å². The smallest absolute Gasteiger partial charge is 0.0000920 e. The second-order valence-electron chi connectivity index (χ2n) is 5.00. The van der Waals surface area contributed by atoms with E-state index in [1.807, 2.05) is 6.08 Å². The molecule has 0 N–H and O–H groups in total. The molecule has 90 valence electrons. The highest BCUT2D eigenvalue weighted by molar-refractivity contribution is 4.65. The molecule has 15 heavy (non-hydrogen) atoms. The van der Waals surface area contributed by atoms with Crippen LogP contribution in [-0.4, -0.2) is 25.5 Å². The lowest BCUT2D eigenvalue weighted by molar-refractivity contribution is 0.321. The van der Waals surface area contributed by atoms with E-state index in [0.29, 0.717) is 0 Å². The number of hydrogen-bond donors (Lipinski definition) is 0. The van der Waals surface area contributed by atoms with Gasteiger partial charge in [0.2, 0.25) is 0 Å². The standard InChI is InChI=1S/C14H29N/c1-5-6-7-8-9-10-11-12-14(2)13-15(3)4/h5,14H,1,6-13H2,2-4H3. The Bertz CT molecular complexity index is 140. The van der Waals surface area contributed by atoms with Gasteiger partial charge in [0.15, 0.2) is 0 Å². The summed E-state index contributed by atoms with van der Waals surface area (Å²) in [5, 5.41) is 0. The molecule has 0 aromatic rings. The van der Waals surface area contributed by atoms with Gasteiger partial charge < -0.3 is 4.90 Å². The van der Waals surface area contributed by atoms with Gasteiger partial charge in [-0.15, -0.1) is 6.58 Å². The van der Waals surface area contributed by atoms with Crippen LogP contribution in [0.5, 0.6) is 0 Å². The molecule has 1 unspecified atom stereocenters. The van der Waals surface area contributed by atoms with Gasteiger partial charge in [0.1, 0.15) is 0 Å². The van der Waals surface area contributed by atoms with Gasteiger partial charge in [0.05, 0.1) is 0 Å². The van der Waals surface area contributed by atoms with Gasteiger partial charge in [0, 0.05) is 6.54 Å². The molecule has 0 aliphatic carbocycles. The quantitative estimate of drug-likeness (QED) is 0.388. The molecule has 0 aliphatic heterocycles. The molecule has 0 aromatic heterocycles. The highest BCUT2D eigenvalue weighted by Gasteiger charge is 2.02. The first-order valence-electron chi connectivity index (χ1n) is 6.42. The van der Waals surface area contributed by atoms with Gasteiger partial charge in [-0.25, -0.2) is 0 Å². The van der Waals surface area contributed by atoms with E-state index in [1.54, 1.807) is 0 Å². The van der Waals surface area contributed by atoms with Crippen LogP contribution in [0.15, 0.2) is 12.7 Å². The zero-order valence-electron chi connectivity index (χ0n) is 11.0. The van der Waals surface area contributed by atoms with Crippen molar-refractivity contribution >= 4 is 0 Å². The van der Waals surface area contributed by atoms with Crippen LogP contribution in [0.1, 0.15) is 51.9 Å². The molecule has 0 bridgehead atoms. The van der Waals surface area contributed by atoms with E-state index in [4.69, 9.17) is 0 Å². The van der Waals surface area contributed by atoms with Gasteiger partial charge >= 0.3 is 0 Å². The third-order valence-electron chi connectivity index (χ3n) is 2.78. The van der Waals surface area contributed by atoms with Crippen molar-refractivity contribution in [3.8, 4) is 0 Å². The highest BCUT2D eigenvalue weighted by Crippen LogP contribution is 2.12. The van der Waals surface area contributed by atoms with Crippen molar-refractivity contribution in [2.24, 2.45) is 5.92 Å². The molecule has 0 rings (SSSR count). The molecule has 1 nitrogen and oxygen atoms in total. The molecule has 0 radical (unpaired) electrons. The first-order valence-corrected chi connectivity index (χ1v) is 6.42. The SMILES string of the molecule is C=CCCCCCCCC(C)CN(C)C. The van der Waals surface area contributed by atoms with Crippen molar-refractivity contribution in [2.75, 3.05) is 20.6 Å². The van der Waals surface area contributed by atoms with Crippen molar-refractivity contribution in [2.45, 2.75) is 51.9 Å². The summed E-state index contributed by atoms with van der Waals surface area (Å²) >= 11 is 0. The van der Waals surface area contributed by atoms with Crippen molar-refractivity contribution in [3.63, 3.8) is 0 Å². The minimum atomic E-state index is 0.855. The minimum absolute atomic E-state index is 0.855. The van der Waals surface area contributed by atoms with Crippen molar-refractivity contribution in [1.82, 2.24) is 4.90 Å². The molecular weight excluding hydrogens is 182 g/mol. The average molecular weight is 211 g/mol. The van der Waals surface area contributed by atoms with E-state index >= 15 is 0 Å². The Morgan fingerprint density at radius 1 is 1.07 bits per heavy atom. The number of unbranched alkanes of at least 4 members (excludes halogenated alkanes) is 5. The summed E-state index contributed by atoms with van der Waals surface area (Å²) in [4.78, 5) is 2.29. The lowest BCUT2D eigenvalue weighted by atomic mass is 10.0. The average Bonchev–Trinajstić information content (AvgIpc) is 2.15. The van der Waals surface area contributed by atoms with Gasteiger partial charge in [-0.3, -0.25) is 0 Å². The Balaban J connectivity index is 3.12. The van der Waals surface area contributed by atoms with E-state index in [0.717, 1.165) is 5.92 Å². The fourth-order valence-corrected chi connectivity index (χ4v) is 2.03. The maximum Gasteiger partial charge on any atom is 0.0000920 e. The molecule has 0 saturated heterocycles. The van der Waals surface area contributed by atoms with E-state index in [1.165, 1.54) is 51.5 Å². The summed E-state index contributed by atoms with van der Waals surface area (Å²) in [6, 6.07) is 0. The van der Waals surface area contributed by atoms with Crippen LogP contribution in [0.4, 0.5) is 0 Å². The second-order valence-corrected chi connectivity index (χ2v) is 5.00. The Morgan fingerprint density at radius 2 is 1.67 bits per heavy atom. The van der Waals surface area contributed by atoms with Crippen LogP contribution in [0.3, 0.4) is 0 Å². The largest absolute Gasteiger partial charge is 0.309 e. The number of rotatable bonds is 10. The molecular formula is C14H29N. The van der Waals surface area contributed by atoms with E-state index in [2.05, 4.69) is 32.5 Å². The monoisotopic (exact) mass is 211 g/mol. The van der Waals surface area contributed by atoms with Crippen LogP contribution in [0.25, 0.3) is 0 Å². The van der Waals surface area contributed by atoms with Gasteiger partial charge in [0.25, 0.3) is 0 Å². The predicted octanol–water partition coefficient (Wildman–Crippen LogP) is 4.10. The lowest BCUT2D eigenvalue weighted by Gasteiger charge is -2.16. The van der Waals surface area contributed by atoms with E-state index in [9.17, 15) is 0 Å². The molecule has 0 saturated carbocycles. The third-order valence-corrected chi connectivity index (χ3v) is 2.78. The van der Waals surface area contributed by atoms with Crippen LogP contribution >= 0.6 is 0 Å². The first-order chi connectivity index (χ1) is 7.16. The van der Waals surface area contributed by atoms with Crippen LogP contribution in [0, 0.1) is 5.92 Å². The summed E-state index contributed by atoms with van der Waals surface area (Å²) in [5.41, 5.74) is 0. The zero-order valence-corrected chi connectivity index (χ0v) is 11.0. The van der Waals surface area contributed by atoms with Gasteiger partial charge in [-0.2, -0.15) is 0 Å². The zero-order chi connectivity index (χ0) is 11.5. The van der Waals surface area contributed by atoms with Gasteiger partial charge in [-0.1, -0.05) is 38.7 Å². The van der Waals surface area contributed by atoms with Crippen molar-refractivity contribution in [1.29, 1.82) is 0 Å². The Hall–Kier alpha value is -0.300. The Labute approximate surface area is 96.6 Å². The minimum Gasteiger partial charge on any atom is -0.309 e. The van der Waals surface area contributed by atoms with Crippen LogP contribution < -0.4 is 0 Å². The van der Waals surface area contributed by atoms with Crippen molar-refractivity contribution in [3.05, 3.63) is 12.7 Å². The molecule has 0 fully saturated rings. The normalized spacial score (nSPS) is 13.1. The maximum atomic E-state index is 3.74. The number of hydrogen-bond acceptors (Lipinski definition) is 1. The first kappa shape index (κ1) is 14.7. The molecule has 0 aliphatic rings. The lowest BCUT2D eigenvalue weighted by Crippen LogP contribution is -2.19. The Morgan fingerprint density at radius 3 is 2.27 bits per heavy atom. The van der Waals surface area contributed by atoms with Crippen LogP contribution in [-0.2, 0) is 0 Å². The molecule has 1 heteroatoms. The fourth-order valence-electron chi connectivity index (χ4n) is 2.03. The summed E-state index contributed by atoms with van der Waals surface area (Å²) in [6.45, 7) is 7.33. The predicted molar refractivity (Wildman–Crippen MR) is 70.2 cm³/mol. The summed E-state index contributed by atoms with van der Waals surface area (Å²) in [7, 11) is 4.32. The van der Waals surface area contributed by atoms with Crippen molar-refractivity contribution < 1.29 is 0 Å². The molecule has 0 aromatic carbocycles. The van der Waals surface area contributed by atoms with E-state index in [-0.39, 0.29) is 0 Å². The Kier molecular flexibility index (Phi) is 10.0. The summed E-state index contributed by atoms with van der Waals surface area (Å²) in [6.07, 6.45) is 11.5. The third kappa shape index (κ3) is 11.6. The molecule has 0 amide bonds. The maximum absolute atomic E-state index is 3.74. The van der Waals surface area contributed by atoms with Gasteiger partial charge in [-0.05, 0) is 39.3 Å². The number of nitrogens with zero attached hydrogens (tertiary/aromatic N) is 1. The summed E-state index contributed by atoms with van der Waals surface area (Å²) in [5.74, 6) is 0.855. The second kappa shape index (κ2) is 10.2. The molecule has 1 atom stereocenters. The number of allylic oxidation sites excluding steroid dienone is 1. The molecule has 0 heterocycles. The molecule has 0 spiro atoms. The topological polar surface area (TPSA) is 3.24 Å².